The van der Waals surface area contributed by atoms with E-state index in [0.717, 1.165) is 5.56 Å². The Labute approximate surface area is 97.8 Å². The van der Waals surface area contributed by atoms with Gasteiger partial charge in [0.1, 0.15) is 11.8 Å². The molecule has 0 atom stereocenters. The number of ether oxygens (including phenoxy) is 1. The Bertz CT molecular complexity index is 554. The monoisotopic (exact) mass is 233 g/mol. The van der Waals surface area contributed by atoms with Gasteiger partial charge in [0.25, 0.3) is 5.95 Å². The standard InChI is InChI=1S/C12H8ClNO2/c1-8-6-9(13)2-4-11(8)16-12-5-3-10(7-14)15-12/h2-6H,1H3. The minimum atomic E-state index is 0.224. The first-order valence-corrected chi connectivity index (χ1v) is 5.01. The normalized spacial score (nSPS) is 9.81. The van der Waals surface area contributed by atoms with Crippen LogP contribution in [0.3, 0.4) is 0 Å². The van der Waals surface area contributed by atoms with E-state index < -0.39 is 0 Å². The first kappa shape index (κ1) is 10.6. The molecule has 0 unspecified atom stereocenters. The molecule has 0 saturated heterocycles. The van der Waals surface area contributed by atoms with Crippen LogP contribution in [-0.2, 0) is 0 Å². The zero-order valence-electron chi connectivity index (χ0n) is 8.53. The molecular formula is C12H8ClNO2. The van der Waals surface area contributed by atoms with Gasteiger partial charge in [0.05, 0.1) is 0 Å². The van der Waals surface area contributed by atoms with Gasteiger partial charge in [-0.05, 0) is 36.8 Å². The van der Waals surface area contributed by atoms with Gasteiger partial charge in [0.15, 0.2) is 0 Å². The summed E-state index contributed by atoms with van der Waals surface area (Å²) in [6, 6.07) is 10.3. The summed E-state index contributed by atoms with van der Waals surface area (Å²) in [5.41, 5.74) is 0.905. The highest BCUT2D eigenvalue weighted by Gasteiger charge is 2.06. The molecule has 4 heteroatoms. The maximum atomic E-state index is 8.59. The highest BCUT2D eigenvalue weighted by atomic mass is 35.5. The average molecular weight is 234 g/mol. The molecule has 1 heterocycles. The van der Waals surface area contributed by atoms with E-state index in [-0.39, 0.29) is 5.76 Å². The summed E-state index contributed by atoms with van der Waals surface area (Å²) in [7, 11) is 0. The Morgan fingerprint density at radius 2 is 2.12 bits per heavy atom. The Morgan fingerprint density at radius 1 is 1.31 bits per heavy atom. The lowest BCUT2D eigenvalue weighted by Crippen LogP contribution is -1.85. The van der Waals surface area contributed by atoms with Crippen molar-refractivity contribution in [3.8, 4) is 17.8 Å². The first-order valence-electron chi connectivity index (χ1n) is 4.63. The van der Waals surface area contributed by atoms with Crippen LogP contribution in [-0.4, -0.2) is 0 Å². The highest BCUT2D eigenvalue weighted by Crippen LogP contribution is 2.28. The van der Waals surface area contributed by atoms with E-state index in [4.69, 9.17) is 26.0 Å². The van der Waals surface area contributed by atoms with Gasteiger partial charge in [-0.25, -0.2) is 0 Å². The number of aryl methyl sites for hydroxylation is 1. The maximum Gasteiger partial charge on any atom is 0.291 e. The van der Waals surface area contributed by atoms with Crippen LogP contribution in [0.1, 0.15) is 11.3 Å². The number of hydrogen-bond donors (Lipinski definition) is 0. The van der Waals surface area contributed by atoms with Gasteiger partial charge in [-0.2, -0.15) is 5.26 Å². The van der Waals surface area contributed by atoms with E-state index in [0.29, 0.717) is 16.7 Å². The molecule has 0 aliphatic carbocycles. The van der Waals surface area contributed by atoms with E-state index in [1.807, 2.05) is 13.0 Å². The zero-order chi connectivity index (χ0) is 11.5. The summed E-state index contributed by atoms with van der Waals surface area (Å²) in [5, 5.41) is 9.25. The minimum absolute atomic E-state index is 0.224. The summed E-state index contributed by atoms with van der Waals surface area (Å²) in [4.78, 5) is 0. The molecular weight excluding hydrogens is 226 g/mol. The number of nitrogens with zero attached hydrogens (tertiary/aromatic N) is 1. The summed E-state index contributed by atoms with van der Waals surface area (Å²) in [6.07, 6.45) is 0. The third-order valence-corrected chi connectivity index (χ3v) is 2.27. The Morgan fingerprint density at radius 3 is 2.75 bits per heavy atom. The summed E-state index contributed by atoms with van der Waals surface area (Å²) >= 11 is 5.82. The number of nitriles is 1. The van der Waals surface area contributed by atoms with Crippen molar-refractivity contribution in [2.75, 3.05) is 0 Å². The zero-order valence-corrected chi connectivity index (χ0v) is 9.28. The molecule has 3 nitrogen and oxygen atoms in total. The molecule has 0 aliphatic rings. The van der Waals surface area contributed by atoms with Crippen molar-refractivity contribution in [1.29, 1.82) is 5.26 Å². The van der Waals surface area contributed by atoms with E-state index in [1.54, 1.807) is 30.3 Å². The van der Waals surface area contributed by atoms with Crippen LogP contribution < -0.4 is 4.74 Å². The summed E-state index contributed by atoms with van der Waals surface area (Å²) < 4.78 is 10.6. The van der Waals surface area contributed by atoms with E-state index in [2.05, 4.69) is 0 Å². The molecule has 0 bridgehead atoms. The van der Waals surface area contributed by atoms with Crippen molar-refractivity contribution in [2.24, 2.45) is 0 Å². The van der Waals surface area contributed by atoms with E-state index >= 15 is 0 Å². The number of rotatable bonds is 2. The second-order valence-corrected chi connectivity index (χ2v) is 3.68. The van der Waals surface area contributed by atoms with Gasteiger partial charge < -0.3 is 9.15 Å². The van der Waals surface area contributed by atoms with Crippen LogP contribution in [0, 0.1) is 18.3 Å². The number of furan rings is 1. The molecule has 2 rings (SSSR count). The van der Waals surface area contributed by atoms with Crippen LogP contribution in [0.25, 0.3) is 0 Å². The lowest BCUT2D eigenvalue weighted by molar-refractivity contribution is 0.341. The molecule has 0 aliphatic heterocycles. The average Bonchev–Trinajstić information content (AvgIpc) is 2.70. The smallest absolute Gasteiger partial charge is 0.291 e. The van der Waals surface area contributed by atoms with Gasteiger partial charge >= 0.3 is 0 Å². The molecule has 0 amide bonds. The second kappa shape index (κ2) is 4.30. The lowest BCUT2D eigenvalue weighted by Gasteiger charge is -2.05. The number of hydrogen-bond acceptors (Lipinski definition) is 3. The van der Waals surface area contributed by atoms with Gasteiger partial charge in [0, 0.05) is 11.1 Å². The highest BCUT2D eigenvalue weighted by molar-refractivity contribution is 6.30. The molecule has 2 aromatic rings. The fourth-order valence-corrected chi connectivity index (χ4v) is 1.50. The van der Waals surface area contributed by atoms with Crippen LogP contribution in [0.2, 0.25) is 5.02 Å². The molecule has 1 aromatic heterocycles. The molecule has 16 heavy (non-hydrogen) atoms. The number of halogens is 1. The van der Waals surface area contributed by atoms with E-state index in [1.165, 1.54) is 0 Å². The van der Waals surface area contributed by atoms with E-state index in [9.17, 15) is 0 Å². The first-order chi connectivity index (χ1) is 7.69. The molecule has 0 spiro atoms. The maximum absolute atomic E-state index is 8.59. The molecule has 1 aromatic carbocycles. The van der Waals surface area contributed by atoms with Gasteiger partial charge in [-0.15, -0.1) is 0 Å². The number of benzene rings is 1. The molecule has 0 radical (unpaired) electrons. The van der Waals surface area contributed by atoms with Crippen molar-refractivity contribution in [2.45, 2.75) is 6.92 Å². The summed E-state index contributed by atoms with van der Waals surface area (Å²) in [6.45, 7) is 1.88. The van der Waals surface area contributed by atoms with Crippen molar-refractivity contribution in [3.63, 3.8) is 0 Å². The molecule has 0 N–H and O–H groups in total. The fraction of sp³-hybridized carbons (Fsp3) is 0.0833. The third-order valence-electron chi connectivity index (χ3n) is 2.04. The predicted molar refractivity (Wildman–Crippen MR) is 59.7 cm³/mol. The van der Waals surface area contributed by atoms with Crippen molar-refractivity contribution < 1.29 is 9.15 Å². The minimum Gasteiger partial charge on any atom is -0.426 e. The Balaban J connectivity index is 2.24. The Kier molecular flexibility index (Phi) is 2.84. The molecule has 0 fully saturated rings. The van der Waals surface area contributed by atoms with Crippen molar-refractivity contribution in [1.82, 2.24) is 0 Å². The topological polar surface area (TPSA) is 46.2 Å². The van der Waals surface area contributed by atoms with Gasteiger partial charge in [0.2, 0.25) is 5.76 Å². The van der Waals surface area contributed by atoms with Gasteiger partial charge in [-0.1, -0.05) is 11.6 Å². The fourth-order valence-electron chi connectivity index (χ4n) is 1.27. The van der Waals surface area contributed by atoms with Crippen LogP contribution in [0.5, 0.6) is 11.7 Å². The van der Waals surface area contributed by atoms with Crippen LogP contribution in [0.15, 0.2) is 34.7 Å². The van der Waals surface area contributed by atoms with Gasteiger partial charge in [-0.3, -0.25) is 0 Å². The Hall–Kier alpha value is -1.92. The van der Waals surface area contributed by atoms with Crippen molar-refractivity contribution in [3.05, 3.63) is 46.7 Å². The summed E-state index contributed by atoms with van der Waals surface area (Å²) in [5.74, 6) is 1.17. The molecule has 0 saturated carbocycles. The molecule has 80 valence electrons. The van der Waals surface area contributed by atoms with Crippen LogP contribution >= 0.6 is 11.6 Å². The third kappa shape index (κ3) is 2.18. The van der Waals surface area contributed by atoms with Crippen LogP contribution in [0.4, 0.5) is 0 Å². The largest absolute Gasteiger partial charge is 0.426 e. The second-order valence-electron chi connectivity index (χ2n) is 3.24. The SMILES string of the molecule is Cc1cc(Cl)ccc1Oc1ccc(C#N)o1. The quantitative estimate of drug-likeness (QED) is 0.790. The van der Waals surface area contributed by atoms with Crippen molar-refractivity contribution >= 4 is 11.6 Å². The predicted octanol–water partition coefficient (Wildman–Crippen LogP) is 3.91. The lowest BCUT2D eigenvalue weighted by atomic mass is 10.2.